The summed E-state index contributed by atoms with van der Waals surface area (Å²) in [6, 6.07) is 59.4. The molecule has 10 heteroatoms. The minimum atomic E-state index is -0.389. The Morgan fingerprint density at radius 2 is 0.657 bits per heavy atom. The number of hydrogen-bond donors (Lipinski definition) is 2. The predicted octanol–water partition coefficient (Wildman–Crippen LogP) is 15.8. The molecule has 11 aromatic rings. The van der Waals surface area contributed by atoms with Crippen LogP contribution in [-0.2, 0) is 0 Å². The molecular formula is C60H36N6O4. The van der Waals surface area contributed by atoms with Gasteiger partial charge in [0.2, 0.25) is 0 Å². The molecule has 8 aromatic carbocycles. The molecule has 13 rings (SSSR count). The molecule has 0 amide bonds. The summed E-state index contributed by atoms with van der Waals surface area (Å²) in [5, 5.41) is 32.6. The Bertz CT molecular complexity index is 4020. The van der Waals surface area contributed by atoms with Gasteiger partial charge in [-0.3, -0.25) is 20.2 Å². The number of nitro benzene ring substituents is 2. The zero-order valence-electron chi connectivity index (χ0n) is 37.1. The molecule has 0 atom stereocenters. The molecule has 330 valence electrons. The molecular weight excluding hydrogens is 869 g/mol. The highest BCUT2D eigenvalue weighted by Gasteiger charge is 2.22. The van der Waals surface area contributed by atoms with Crippen LogP contribution in [0.25, 0.3) is 134 Å². The summed E-state index contributed by atoms with van der Waals surface area (Å²) in [4.78, 5) is 41.7. The lowest BCUT2D eigenvalue weighted by molar-refractivity contribution is -0.385. The number of hydrogen-bond acceptors (Lipinski definition) is 6. The maximum atomic E-state index is 11.9. The van der Waals surface area contributed by atoms with E-state index < -0.39 is 0 Å². The average Bonchev–Trinajstić information content (AvgIpc) is 4.25. The van der Waals surface area contributed by atoms with Crippen molar-refractivity contribution in [2.75, 3.05) is 0 Å². The van der Waals surface area contributed by atoms with Crippen molar-refractivity contribution in [1.29, 1.82) is 0 Å². The van der Waals surface area contributed by atoms with Crippen molar-refractivity contribution in [3.8, 4) is 44.5 Å². The number of H-pyrrole nitrogens is 2. The second-order valence-electron chi connectivity index (χ2n) is 17.5. The van der Waals surface area contributed by atoms with E-state index in [9.17, 15) is 20.2 Å². The first kappa shape index (κ1) is 40.5. The van der Waals surface area contributed by atoms with Gasteiger partial charge in [-0.25, -0.2) is 9.97 Å². The lowest BCUT2D eigenvalue weighted by Gasteiger charge is -2.12. The van der Waals surface area contributed by atoms with Crippen molar-refractivity contribution >= 4 is 101 Å². The van der Waals surface area contributed by atoms with Crippen LogP contribution >= 0.6 is 0 Å². The fourth-order valence-corrected chi connectivity index (χ4v) is 10.4. The Kier molecular flexibility index (Phi) is 9.21. The number of nitro groups is 2. The fourth-order valence-electron chi connectivity index (χ4n) is 10.4. The number of nitrogens with one attached hydrogen (secondary N) is 2. The van der Waals surface area contributed by atoms with E-state index in [-0.39, 0.29) is 21.2 Å². The second kappa shape index (κ2) is 15.9. The van der Waals surface area contributed by atoms with Gasteiger partial charge in [-0.1, -0.05) is 97.1 Å². The van der Waals surface area contributed by atoms with Crippen molar-refractivity contribution in [2.45, 2.75) is 0 Å². The van der Waals surface area contributed by atoms with Gasteiger partial charge in [0.1, 0.15) is 0 Å². The summed E-state index contributed by atoms with van der Waals surface area (Å²) in [7, 11) is 0. The summed E-state index contributed by atoms with van der Waals surface area (Å²) < 4.78 is 0. The van der Waals surface area contributed by atoms with Gasteiger partial charge in [-0.2, -0.15) is 0 Å². The molecule has 0 saturated carbocycles. The first-order valence-electron chi connectivity index (χ1n) is 22.8. The van der Waals surface area contributed by atoms with Gasteiger partial charge >= 0.3 is 0 Å². The summed E-state index contributed by atoms with van der Waals surface area (Å²) in [6.07, 6.45) is 8.09. The molecule has 0 saturated heterocycles. The van der Waals surface area contributed by atoms with Crippen molar-refractivity contribution in [1.82, 2.24) is 19.9 Å². The lowest BCUT2D eigenvalue weighted by atomic mass is 9.92. The Morgan fingerprint density at radius 3 is 1.03 bits per heavy atom. The van der Waals surface area contributed by atoms with Crippen LogP contribution in [0.15, 0.2) is 182 Å². The summed E-state index contributed by atoms with van der Waals surface area (Å²) in [5.41, 5.74) is 12.5. The monoisotopic (exact) mass is 904 g/mol. The molecule has 8 bridgehead atoms. The van der Waals surface area contributed by atoms with Crippen molar-refractivity contribution < 1.29 is 9.85 Å². The quantitative estimate of drug-likeness (QED) is 0.0966. The van der Waals surface area contributed by atoms with Gasteiger partial charge in [0.15, 0.2) is 0 Å². The van der Waals surface area contributed by atoms with E-state index >= 15 is 0 Å². The SMILES string of the molecule is O=[N+]([O-])c1ccc(-c2c3nc(c(-c4cc5ccccc5c5ccccc45)c4ccc([nH]4)c(-c4ccc([N+](=O)[O-])cc4)c4nc(c(-c5cc6ccccc6c6ccccc56)c5ccc2[nH]5)C=C4)C=C3)cc1. The maximum absolute atomic E-state index is 11.9. The molecule has 0 fully saturated rings. The van der Waals surface area contributed by atoms with E-state index in [1.54, 1.807) is 24.3 Å². The van der Waals surface area contributed by atoms with Gasteiger partial charge in [-0.15, -0.1) is 0 Å². The molecule has 70 heavy (non-hydrogen) atoms. The van der Waals surface area contributed by atoms with Crippen LogP contribution in [0.1, 0.15) is 22.8 Å². The third kappa shape index (κ3) is 6.57. The molecule has 10 nitrogen and oxygen atoms in total. The highest BCUT2D eigenvalue weighted by molar-refractivity contribution is 6.17. The summed E-state index contributed by atoms with van der Waals surface area (Å²) in [5.74, 6) is 0. The van der Waals surface area contributed by atoms with E-state index in [0.29, 0.717) is 22.8 Å². The molecule has 0 radical (unpaired) electrons. The minimum Gasteiger partial charge on any atom is -0.354 e. The Morgan fingerprint density at radius 1 is 0.343 bits per heavy atom. The Balaban J connectivity index is 1.21. The lowest BCUT2D eigenvalue weighted by Crippen LogP contribution is -1.92. The molecule has 2 aliphatic rings. The highest BCUT2D eigenvalue weighted by Crippen LogP contribution is 2.44. The summed E-state index contributed by atoms with van der Waals surface area (Å²) >= 11 is 0. The first-order chi connectivity index (χ1) is 34.3. The highest BCUT2D eigenvalue weighted by atomic mass is 16.6. The van der Waals surface area contributed by atoms with Crippen LogP contribution in [0.2, 0.25) is 0 Å². The van der Waals surface area contributed by atoms with E-state index in [4.69, 9.17) is 9.97 Å². The smallest absolute Gasteiger partial charge is 0.269 e. The van der Waals surface area contributed by atoms with Gasteiger partial charge in [0, 0.05) is 68.6 Å². The standard InChI is InChI=1S/C60H36N6O4/c67-65(68)39-21-17-35(18-22-39)57-49-25-29-53(61-49)59(47-33-37-9-1-3-11-41(37)43-13-5-7-15-45(43)47)54-30-26-50(62-54)58(36-19-23-40(24-20-36)66(69)70)52-28-32-56(64-52)60(55-31-27-51(57)63-55)48-34-38-10-2-4-12-42(38)44-14-6-8-16-46(44)48/h1-34,61,64H. The van der Waals surface area contributed by atoms with Gasteiger partial charge in [0.05, 0.1) is 32.6 Å². The van der Waals surface area contributed by atoms with Crippen LogP contribution in [0.5, 0.6) is 0 Å². The zero-order chi connectivity index (χ0) is 47.0. The molecule has 2 N–H and O–H groups in total. The molecule has 0 spiro atoms. The number of nitrogens with zero attached hydrogens (tertiary/aromatic N) is 4. The van der Waals surface area contributed by atoms with Crippen LogP contribution in [0, 0.1) is 20.2 Å². The number of benzene rings is 8. The molecule has 0 unspecified atom stereocenters. The number of non-ortho nitro benzene ring substituents is 2. The molecule has 5 heterocycles. The minimum absolute atomic E-state index is 0.0102. The third-order valence-electron chi connectivity index (χ3n) is 13.6. The number of aromatic amines is 2. The second-order valence-corrected chi connectivity index (χ2v) is 17.5. The van der Waals surface area contributed by atoms with E-state index in [0.717, 1.165) is 110 Å². The Labute approximate surface area is 398 Å². The van der Waals surface area contributed by atoms with Crippen molar-refractivity contribution in [2.24, 2.45) is 0 Å². The number of fused-ring (bicyclic) bond motifs is 14. The van der Waals surface area contributed by atoms with E-state index in [1.807, 2.05) is 48.6 Å². The maximum Gasteiger partial charge on any atom is 0.269 e. The number of aromatic nitrogens is 4. The first-order valence-corrected chi connectivity index (χ1v) is 22.8. The summed E-state index contributed by atoms with van der Waals surface area (Å²) in [6.45, 7) is 0. The van der Waals surface area contributed by atoms with E-state index in [1.165, 1.54) is 24.3 Å². The number of rotatable bonds is 6. The molecule has 0 aliphatic carbocycles. The van der Waals surface area contributed by atoms with Crippen LogP contribution in [0.4, 0.5) is 11.4 Å². The largest absolute Gasteiger partial charge is 0.354 e. The van der Waals surface area contributed by atoms with Gasteiger partial charge < -0.3 is 9.97 Å². The van der Waals surface area contributed by atoms with Gasteiger partial charge in [-0.05, 0) is 150 Å². The van der Waals surface area contributed by atoms with E-state index in [2.05, 4.69) is 119 Å². The van der Waals surface area contributed by atoms with Crippen LogP contribution < -0.4 is 0 Å². The van der Waals surface area contributed by atoms with Crippen molar-refractivity contribution in [3.63, 3.8) is 0 Å². The zero-order valence-corrected chi connectivity index (χ0v) is 37.1. The van der Waals surface area contributed by atoms with Gasteiger partial charge in [0.25, 0.3) is 11.4 Å². The normalized spacial score (nSPS) is 12.1. The topological polar surface area (TPSA) is 144 Å². The molecule has 3 aromatic heterocycles. The predicted molar refractivity (Wildman–Crippen MR) is 284 cm³/mol. The molecule has 2 aliphatic heterocycles. The Hall–Kier alpha value is -9.80. The fraction of sp³-hybridized carbons (Fsp3) is 0. The van der Waals surface area contributed by atoms with Crippen LogP contribution in [-0.4, -0.2) is 29.8 Å². The average molecular weight is 905 g/mol. The van der Waals surface area contributed by atoms with Crippen molar-refractivity contribution in [3.05, 3.63) is 225 Å². The van der Waals surface area contributed by atoms with Crippen LogP contribution in [0.3, 0.4) is 0 Å². The third-order valence-corrected chi connectivity index (χ3v) is 13.6.